The summed E-state index contributed by atoms with van der Waals surface area (Å²) in [6.45, 7) is 8.68. The molecular weight excluding hydrogens is 402 g/mol. The molecule has 0 saturated carbocycles. The monoisotopic (exact) mass is 427 g/mol. The Bertz CT molecular complexity index is 1080. The highest BCUT2D eigenvalue weighted by atomic mass is 16.6. The zero-order valence-corrected chi connectivity index (χ0v) is 17.7. The number of aromatic hydroxyl groups is 1. The van der Waals surface area contributed by atoms with E-state index < -0.39 is 40.9 Å². The first kappa shape index (κ1) is 22.2. The van der Waals surface area contributed by atoms with Gasteiger partial charge in [0.05, 0.1) is 31.1 Å². The average Bonchev–Trinajstić information content (AvgIpc) is 3.19. The SMILES string of the molecule is C=Cc1ccc(Cn2c3c(c(O)c(C(=O)NCC(=O)OC(C)(C)C)c2=O)COC3)cn1. The number of hydrogen-bond donors (Lipinski definition) is 2. The van der Waals surface area contributed by atoms with Crippen LogP contribution in [0.2, 0.25) is 0 Å². The summed E-state index contributed by atoms with van der Waals surface area (Å²) in [6.07, 6.45) is 3.22. The van der Waals surface area contributed by atoms with Crippen molar-refractivity contribution < 1.29 is 24.2 Å². The molecule has 2 aromatic heterocycles. The summed E-state index contributed by atoms with van der Waals surface area (Å²) in [4.78, 5) is 41.9. The third kappa shape index (κ3) is 5.00. The molecule has 0 spiro atoms. The van der Waals surface area contributed by atoms with Crippen LogP contribution in [0.25, 0.3) is 6.08 Å². The van der Waals surface area contributed by atoms with Crippen LogP contribution < -0.4 is 10.9 Å². The number of amides is 1. The second-order valence-electron chi connectivity index (χ2n) is 8.10. The molecule has 0 fully saturated rings. The van der Waals surface area contributed by atoms with Crippen LogP contribution in [0.4, 0.5) is 0 Å². The number of pyridine rings is 2. The van der Waals surface area contributed by atoms with E-state index in [0.717, 1.165) is 5.56 Å². The molecule has 1 aliphatic heterocycles. The van der Waals surface area contributed by atoms with E-state index in [4.69, 9.17) is 9.47 Å². The molecule has 0 aromatic carbocycles. The number of fused-ring (bicyclic) bond motifs is 1. The van der Waals surface area contributed by atoms with Gasteiger partial charge in [0.2, 0.25) is 0 Å². The van der Waals surface area contributed by atoms with Crippen LogP contribution in [0.1, 0.15) is 53.6 Å². The Kier molecular flexibility index (Phi) is 6.26. The highest BCUT2D eigenvalue weighted by molar-refractivity contribution is 5.98. The van der Waals surface area contributed by atoms with E-state index in [2.05, 4.69) is 16.9 Å². The minimum absolute atomic E-state index is 0.0709. The van der Waals surface area contributed by atoms with Gasteiger partial charge < -0.3 is 24.5 Å². The van der Waals surface area contributed by atoms with Gasteiger partial charge in [-0.3, -0.25) is 19.4 Å². The third-order valence-corrected chi connectivity index (χ3v) is 4.58. The fourth-order valence-corrected chi connectivity index (χ4v) is 3.20. The van der Waals surface area contributed by atoms with Crippen LogP contribution in [0, 0.1) is 0 Å². The zero-order valence-electron chi connectivity index (χ0n) is 17.7. The largest absolute Gasteiger partial charge is 0.506 e. The van der Waals surface area contributed by atoms with Gasteiger partial charge in [0.15, 0.2) is 0 Å². The van der Waals surface area contributed by atoms with Gasteiger partial charge in [0.1, 0.15) is 23.5 Å². The first-order valence-corrected chi connectivity index (χ1v) is 9.73. The molecule has 0 bridgehead atoms. The first-order valence-electron chi connectivity index (χ1n) is 9.73. The standard InChI is InChI=1S/C22H25N3O6/c1-5-14-7-6-13(8-23-14)10-25-16-12-30-11-15(16)19(27)18(21(25)29)20(28)24-9-17(26)31-22(2,3)4/h5-8,27H,1,9-12H2,2-4H3,(H,24,28). The highest BCUT2D eigenvalue weighted by Gasteiger charge is 2.29. The van der Waals surface area contributed by atoms with Gasteiger partial charge in [0, 0.05) is 11.8 Å². The smallest absolute Gasteiger partial charge is 0.325 e. The van der Waals surface area contributed by atoms with Gasteiger partial charge >= 0.3 is 5.97 Å². The summed E-state index contributed by atoms with van der Waals surface area (Å²) in [7, 11) is 0. The molecule has 2 N–H and O–H groups in total. The summed E-state index contributed by atoms with van der Waals surface area (Å²) >= 11 is 0. The number of carbonyl (C=O) groups excluding carboxylic acids is 2. The Morgan fingerprint density at radius 3 is 2.71 bits per heavy atom. The van der Waals surface area contributed by atoms with Gasteiger partial charge in [-0.15, -0.1) is 0 Å². The van der Waals surface area contributed by atoms with E-state index >= 15 is 0 Å². The maximum atomic E-state index is 13.1. The Balaban J connectivity index is 1.91. The first-order chi connectivity index (χ1) is 14.6. The van der Waals surface area contributed by atoms with Crippen molar-refractivity contribution in [2.45, 2.75) is 46.1 Å². The molecule has 9 nitrogen and oxygen atoms in total. The summed E-state index contributed by atoms with van der Waals surface area (Å²) in [5.41, 5.74) is 0.457. The minimum atomic E-state index is -0.864. The lowest BCUT2D eigenvalue weighted by molar-refractivity contribution is -0.153. The van der Waals surface area contributed by atoms with Crippen LogP contribution in [0.3, 0.4) is 0 Å². The Morgan fingerprint density at radius 2 is 2.10 bits per heavy atom. The second-order valence-corrected chi connectivity index (χ2v) is 8.10. The molecule has 0 radical (unpaired) electrons. The van der Waals surface area contributed by atoms with Gasteiger partial charge in [-0.25, -0.2) is 0 Å². The van der Waals surface area contributed by atoms with Crippen LogP contribution in [0.5, 0.6) is 5.75 Å². The van der Waals surface area contributed by atoms with Gasteiger partial charge in [-0.2, -0.15) is 0 Å². The number of carbonyl (C=O) groups is 2. The van der Waals surface area contributed by atoms with E-state index in [0.29, 0.717) is 17.0 Å². The molecule has 0 saturated heterocycles. The maximum absolute atomic E-state index is 13.1. The number of aromatic nitrogens is 2. The molecule has 1 aliphatic rings. The Labute approximate surface area is 179 Å². The van der Waals surface area contributed by atoms with E-state index in [1.807, 2.05) is 0 Å². The normalized spacial score (nSPS) is 12.9. The lowest BCUT2D eigenvalue weighted by Gasteiger charge is -2.20. The van der Waals surface area contributed by atoms with E-state index in [1.165, 1.54) is 4.57 Å². The van der Waals surface area contributed by atoms with Crippen molar-refractivity contribution in [2.24, 2.45) is 0 Å². The molecule has 3 rings (SSSR count). The average molecular weight is 427 g/mol. The van der Waals surface area contributed by atoms with Crippen molar-refractivity contribution in [3.8, 4) is 5.75 Å². The van der Waals surface area contributed by atoms with E-state index in [1.54, 1.807) is 45.2 Å². The fraction of sp³-hybridized carbons (Fsp3) is 0.364. The van der Waals surface area contributed by atoms with Gasteiger partial charge in [0.25, 0.3) is 11.5 Å². The maximum Gasteiger partial charge on any atom is 0.325 e. The summed E-state index contributed by atoms with van der Waals surface area (Å²) in [5, 5.41) is 12.9. The molecule has 1 amide bonds. The molecule has 3 heterocycles. The second kappa shape index (κ2) is 8.73. The number of nitrogens with one attached hydrogen (secondary N) is 1. The lowest BCUT2D eigenvalue weighted by atomic mass is 10.1. The zero-order chi connectivity index (χ0) is 22.8. The molecule has 164 valence electrons. The van der Waals surface area contributed by atoms with Crippen molar-refractivity contribution in [2.75, 3.05) is 6.54 Å². The molecular formula is C22H25N3O6. The van der Waals surface area contributed by atoms with Gasteiger partial charge in [-0.1, -0.05) is 12.6 Å². The molecule has 9 heteroatoms. The lowest BCUT2D eigenvalue weighted by Crippen LogP contribution is -2.38. The van der Waals surface area contributed by atoms with Crippen LogP contribution in [-0.2, 0) is 34.0 Å². The van der Waals surface area contributed by atoms with Crippen LogP contribution >= 0.6 is 0 Å². The number of hydrogen-bond acceptors (Lipinski definition) is 7. The van der Waals surface area contributed by atoms with Crippen LogP contribution in [0.15, 0.2) is 29.7 Å². The molecule has 0 aliphatic carbocycles. The fourth-order valence-electron chi connectivity index (χ4n) is 3.20. The molecule has 0 atom stereocenters. The Morgan fingerprint density at radius 1 is 1.35 bits per heavy atom. The topological polar surface area (TPSA) is 120 Å². The van der Waals surface area contributed by atoms with Gasteiger partial charge in [-0.05, 0) is 38.5 Å². The van der Waals surface area contributed by atoms with Crippen molar-refractivity contribution in [1.82, 2.24) is 14.9 Å². The highest BCUT2D eigenvalue weighted by Crippen LogP contribution is 2.30. The summed E-state index contributed by atoms with van der Waals surface area (Å²) in [5.74, 6) is -1.95. The van der Waals surface area contributed by atoms with Crippen molar-refractivity contribution in [3.05, 3.63) is 63.3 Å². The number of rotatable bonds is 6. The quantitative estimate of drug-likeness (QED) is 0.674. The van der Waals surface area contributed by atoms with E-state index in [9.17, 15) is 19.5 Å². The summed E-state index contributed by atoms with van der Waals surface area (Å²) in [6, 6.07) is 3.56. The van der Waals surface area contributed by atoms with Crippen molar-refractivity contribution in [3.63, 3.8) is 0 Å². The predicted octanol–water partition coefficient (Wildman–Crippen LogP) is 1.74. The van der Waals surface area contributed by atoms with Crippen molar-refractivity contribution in [1.29, 1.82) is 0 Å². The third-order valence-electron chi connectivity index (χ3n) is 4.58. The van der Waals surface area contributed by atoms with E-state index in [-0.39, 0.29) is 19.8 Å². The molecule has 31 heavy (non-hydrogen) atoms. The summed E-state index contributed by atoms with van der Waals surface area (Å²) < 4.78 is 11.9. The number of ether oxygens (including phenoxy) is 2. The minimum Gasteiger partial charge on any atom is -0.506 e. The van der Waals surface area contributed by atoms with Crippen LogP contribution in [-0.4, -0.2) is 38.7 Å². The van der Waals surface area contributed by atoms with Crippen molar-refractivity contribution >= 4 is 18.0 Å². The molecule has 0 unspecified atom stereocenters. The Hall–Kier alpha value is -3.46. The molecule has 2 aromatic rings. The predicted molar refractivity (Wildman–Crippen MR) is 112 cm³/mol. The number of nitrogens with zero attached hydrogens (tertiary/aromatic N) is 2. The number of esters is 1.